The van der Waals surface area contributed by atoms with Gasteiger partial charge in [0.1, 0.15) is 12.1 Å². The maximum Gasteiger partial charge on any atom is 0.422 e. The minimum absolute atomic E-state index is 0.0734. The molecule has 2 aromatic heterocycles. The molecule has 0 bridgehead atoms. The van der Waals surface area contributed by atoms with E-state index in [-0.39, 0.29) is 17.4 Å². The van der Waals surface area contributed by atoms with Gasteiger partial charge in [-0.05, 0) is 42.0 Å². The molecule has 8 nitrogen and oxygen atoms in total. The maximum atomic E-state index is 12.6. The van der Waals surface area contributed by atoms with Crippen LogP contribution in [-0.4, -0.2) is 40.8 Å². The van der Waals surface area contributed by atoms with Gasteiger partial charge in [0.15, 0.2) is 18.1 Å². The average Bonchev–Trinajstić information content (AvgIpc) is 2.87. The summed E-state index contributed by atoms with van der Waals surface area (Å²) in [6, 6.07) is 13.6. The second-order valence-electron chi connectivity index (χ2n) is 7.46. The molecule has 0 aliphatic heterocycles. The van der Waals surface area contributed by atoms with Crippen molar-refractivity contribution in [2.75, 3.05) is 24.4 Å². The van der Waals surface area contributed by atoms with Crippen LogP contribution in [-0.2, 0) is 4.79 Å². The van der Waals surface area contributed by atoms with Crippen molar-refractivity contribution in [2.24, 2.45) is 0 Å². The standard InChI is InChI=1S/C25H20F3N5O3/c1-35-21-11-19-20(12-22(21)36-14-25(26,27)28)30-15-31-24(19)33-17-7-4-16(5-8-17)6-9-23(34)32-18-3-2-10-29-13-18/h2-13,15H,14H2,1H3,(H,32,34)(H,30,31,33). The number of carbonyl (C=O) groups excluding carboxylic acids is 1. The number of amides is 1. The van der Waals surface area contributed by atoms with E-state index < -0.39 is 12.8 Å². The quantitative estimate of drug-likeness (QED) is 0.317. The number of halogens is 3. The Labute approximate surface area is 203 Å². The van der Waals surface area contributed by atoms with Crippen molar-refractivity contribution in [3.8, 4) is 11.5 Å². The molecular formula is C25H20F3N5O3. The number of fused-ring (bicyclic) bond motifs is 1. The summed E-state index contributed by atoms with van der Waals surface area (Å²) < 4.78 is 47.8. The zero-order valence-corrected chi connectivity index (χ0v) is 18.9. The van der Waals surface area contributed by atoms with Gasteiger partial charge in [-0.15, -0.1) is 0 Å². The van der Waals surface area contributed by atoms with Crippen molar-refractivity contribution in [3.05, 3.63) is 78.9 Å². The van der Waals surface area contributed by atoms with E-state index in [1.165, 1.54) is 31.6 Å². The second-order valence-corrected chi connectivity index (χ2v) is 7.46. The van der Waals surface area contributed by atoms with Crippen LogP contribution in [0.5, 0.6) is 11.5 Å². The number of aromatic nitrogens is 3. The van der Waals surface area contributed by atoms with Crippen LogP contribution in [0, 0.1) is 0 Å². The van der Waals surface area contributed by atoms with Gasteiger partial charge in [-0.2, -0.15) is 13.2 Å². The number of pyridine rings is 1. The van der Waals surface area contributed by atoms with Gasteiger partial charge in [0, 0.05) is 29.4 Å². The number of alkyl halides is 3. The SMILES string of the molecule is COc1cc2c(Nc3ccc(C=CC(=O)Nc4cccnc4)cc3)ncnc2cc1OCC(F)(F)F. The Morgan fingerprint density at radius 3 is 2.56 bits per heavy atom. The van der Waals surface area contributed by atoms with Crippen molar-refractivity contribution >= 4 is 40.1 Å². The van der Waals surface area contributed by atoms with Crippen LogP contribution in [0.2, 0.25) is 0 Å². The van der Waals surface area contributed by atoms with Crippen LogP contribution < -0.4 is 20.1 Å². The monoisotopic (exact) mass is 495 g/mol. The first kappa shape index (κ1) is 24.5. The van der Waals surface area contributed by atoms with Crippen molar-refractivity contribution in [3.63, 3.8) is 0 Å². The molecule has 2 heterocycles. The lowest BCUT2D eigenvalue weighted by molar-refractivity contribution is -0.153. The predicted octanol–water partition coefficient (Wildman–Crippen LogP) is 5.37. The van der Waals surface area contributed by atoms with Crippen LogP contribution in [0.4, 0.5) is 30.4 Å². The van der Waals surface area contributed by atoms with Gasteiger partial charge >= 0.3 is 6.18 Å². The molecule has 4 aromatic rings. The molecule has 0 spiro atoms. The average molecular weight is 495 g/mol. The molecule has 36 heavy (non-hydrogen) atoms. The molecule has 11 heteroatoms. The number of anilines is 3. The summed E-state index contributed by atoms with van der Waals surface area (Å²) in [4.78, 5) is 24.4. The van der Waals surface area contributed by atoms with E-state index in [1.54, 1.807) is 42.7 Å². The summed E-state index contributed by atoms with van der Waals surface area (Å²) >= 11 is 0. The first-order valence-corrected chi connectivity index (χ1v) is 10.6. The highest BCUT2D eigenvalue weighted by atomic mass is 19.4. The summed E-state index contributed by atoms with van der Waals surface area (Å²) in [5.41, 5.74) is 2.47. The van der Waals surface area contributed by atoms with Gasteiger partial charge in [0.2, 0.25) is 5.91 Å². The zero-order valence-electron chi connectivity index (χ0n) is 18.9. The number of nitrogens with zero attached hydrogens (tertiary/aromatic N) is 3. The smallest absolute Gasteiger partial charge is 0.422 e. The molecule has 0 aliphatic rings. The highest BCUT2D eigenvalue weighted by Gasteiger charge is 2.29. The fraction of sp³-hybridized carbons (Fsp3) is 0.120. The molecule has 0 unspecified atom stereocenters. The van der Waals surface area contributed by atoms with Gasteiger partial charge in [-0.25, -0.2) is 9.97 Å². The summed E-state index contributed by atoms with van der Waals surface area (Å²) in [6.45, 7) is -1.45. The largest absolute Gasteiger partial charge is 0.493 e. The third-order valence-corrected chi connectivity index (χ3v) is 4.84. The van der Waals surface area contributed by atoms with E-state index in [4.69, 9.17) is 9.47 Å². The Hall–Kier alpha value is -4.67. The van der Waals surface area contributed by atoms with E-state index in [0.29, 0.717) is 28.1 Å². The highest BCUT2D eigenvalue weighted by Crippen LogP contribution is 2.35. The van der Waals surface area contributed by atoms with Gasteiger partial charge in [-0.3, -0.25) is 9.78 Å². The molecule has 0 atom stereocenters. The number of benzene rings is 2. The lowest BCUT2D eigenvalue weighted by Gasteiger charge is -2.14. The topological polar surface area (TPSA) is 98.3 Å². The third kappa shape index (κ3) is 6.47. The molecule has 0 saturated heterocycles. The second kappa shape index (κ2) is 10.7. The molecule has 184 valence electrons. The normalized spacial score (nSPS) is 11.4. The molecule has 0 fully saturated rings. The van der Waals surface area contributed by atoms with Crippen molar-refractivity contribution in [2.45, 2.75) is 6.18 Å². The molecule has 0 saturated carbocycles. The lowest BCUT2D eigenvalue weighted by atomic mass is 10.1. The number of nitrogens with one attached hydrogen (secondary N) is 2. The van der Waals surface area contributed by atoms with Crippen molar-refractivity contribution < 1.29 is 27.4 Å². The molecule has 2 aromatic carbocycles. The summed E-state index contributed by atoms with van der Waals surface area (Å²) in [7, 11) is 1.34. The van der Waals surface area contributed by atoms with E-state index in [0.717, 1.165) is 5.56 Å². The van der Waals surface area contributed by atoms with Crippen LogP contribution in [0.25, 0.3) is 17.0 Å². The zero-order chi connectivity index (χ0) is 25.5. The molecule has 2 N–H and O–H groups in total. The first-order chi connectivity index (χ1) is 17.3. The van der Waals surface area contributed by atoms with Gasteiger partial charge in [0.25, 0.3) is 0 Å². The molecule has 0 radical (unpaired) electrons. The van der Waals surface area contributed by atoms with E-state index in [1.807, 2.05) is 12.1 Å². The van der Waals surface area contributed by atoms with Crippen LogP contribution in [0.15, 0.2) is 73.3 Å². The van der Waals surface area contributed by atoms with Crippen LogP contribution >= 0.6 is 0 Å². The maximum absolute atomic E-state index is 12.6. The van der Waals surface area contributed by atoms with Crippen LogP contribution in [0.1, 0.15) is 5.56 Å². The lowest BCUT2D eigenvalue weighted by Crippen LogP contribution is -2.19. The Balaban J connectivity index is 1.47. The van der Waals surface area contributed by atoms with E-state index in [2.05, 4.69) is 25.6 Å². The summed E-state index contributed by atoms with van der Waals surface area (Å²) in [5, 5.41) is 6.41. The Kier molecular flexibility index (Phi) is 7.28. The minimum Gasteiger partial charge on any atom is -0.493 e. The molecule has 1 amide bonds. The van der Waals surface area contributed by atoms with E-state index in [9.17, 15) is 18.0 Å². The fourth-order valence-corrected chi connectivity index (χ4v) is 3.20. The predicted molar refractivity (Wildman–Crippen MR) is 129 cm³/mol. The van der Waals surface area contributed by atoms with Crippen molar-refractivity contribution in [1.29, 1.82) is 0 Å². The molecule has 4 rings (SSSR count). The molecular weight excluding hydrogens is 475 g/mol. The number of ether oxygens (including phenoxy) is 2. The number of methoxy groups -OCH3 is 1. The first-order valence-electron chi connectivity index (χ1n) is 10.6. The number of rotatable bonds is 8. The highest BCUT2D eigenvalue weighted by molar-refractivity contribution is 6.01. The van der Waals surface area contributed by atoms with Crippen molar-refractivity contribution in [1.82, 2.24) is 15.0 Å². The van der Waals surface area contributed by atoms with Gasteiger partial charge < -0.3 is 20.1 Å². The Bertz CT molecular complexity index is 1380. The van der Waals surface area contributed by atoms with Gasteiger partial charge in [0.05, 0.1) is 24.5 Å². The van der Waals surface area contributed by atoms with E-state index >= 15 is 0 Å². The number of hydrogen-bond donors (Lipinski definition) is 2. The Morgan fingerprint density at radius 1 is 1.06 bits per heavy atom. The van der Waals surface area contributed by atoms with Crippen LogP contribution in [0.3, 0.4) is 0 Å². The summed E-state index contributed by atoms with van der Waals surface area (Å²) in [6.07, 6.45) is 3.06. The fourth-order valence-electron chi connectivity index (χ4n) is 3.20. The summed E-state index contributed by atoms with van der Waals surface area (Å²) in [5.74, 6) is 0.190. The minimum atomic E-state index is -4.48. The number of carbonyl (C=O) groups is 1. The number of hydrogen-bond acceptors (Lipinski definition) is 7. The third-order valence-electron chi connectivity index (χ3n) is 4.84. The molecule has 0 aliphatic carbocycles. The Morgan fingerprint density at radius 2 is 1.86 bits per heavy atom. The van der Waals surface area contributed by atoms with Gasteiger partial charge in [-0.1, -0.05) is 12.1 Å².